The highest BCUT2D eigenvalue weighted by atomic mass is 35.5. The average molecular weight is 252 g/mol. The van der Waals surface area contributed by atoms with E-state index in [1.54, 1.807) is 24.9 Å². The second-order valence-corrected chi connectivity index (χ2v) is 4.23. The van der Waals surface area contributed by atoms with Crippen molar-refractivity contribution in [3.63, 3.8) is 0 Å². The van der Waals surface area contributed by atoms with Gasteiger partial charge in [0, 0.05) is 18.7 Å². The second kappa shape index (κ2) is 4.30. The zero-order valence-corrected chi connectivity index (χ0v) is 10.7. The van der Waals surface area contributed by atoms with E-state index in [0.29, 0.717) is 16.6 Å². The third kappa shape index (κ3) is 1.96. The molecule has 90 valence electrons. The Kier molecular flexibility index (Phi) is 2.98. The topological polar surface area (TPSA) is 53.1 Å². The van der Waals surface area contributed by atoms with E-state index in [1.807, 2.05) is 19.1 Å². The van der Waals surface area contributed by atoms with Gasteiger partial charge in [0.25, 0.3) is 0 Å². The number of rotatable bonds is 2. The normalized spacial score (nSPS) is 10.6. The first-order valence-corrected chi connectivity index (χ1v) is 5.55. The molecule has 2 aromatic rings. The number of aromatic nitrogens is 2. The van der Waals surface area contributed by atoms with Crippen molar-refractivity contribution in [2.75, 3.05) is 12.8 Å². The summed E-state index contributed by atoms with van der Waals surface area (Å²) in [6.45, 7) is 1.98. The van der Waals surface area contributed by atoms with Gasteiger partial charge in [-0.1, -0.05) is 17.7 Å². The predicted molar refractivity (Wildman–Crippen MR) is 69.4 cm³/mol. The Hall–Kier alpha value is -1.68. The van der Waals surface area contributed by atoms with Crippen molar-refractivity contribution in [1.29, 1.82) is 0 Å². The Morgan fingerprint density at radius 3 is 2.65 bits per heavy atom. The minimum absolute atomic E-state index is 0.561. The van der Waals surface area contributed by atoms with Crippen molar-refractivity contribution in [3.8, 4) is 17.0 Å². The predicted octanol–water partition coefficient (Wildman–Crippen LogP) is 2.64. The quantitative estimate of drug-likeness (QED) is 0.893. The molecule has 1 aromatic heterocycles. The van der Waals surface area contributed by atoms with Crippen LogP contribution in [-0.2, 0) is 7.05 Å². The van der Waals surface area contributed by atoms with Crippen LogP contribution in [0.3, 0.4) is 0 Å². The molecule has 4 nitrogen and oxygen atoms in total. The third-order valence-electron chi connectivity index (χ3n) is 2.71. The minimum atomic E-state index is 0.561. The van der Waals surface area contributed by atoms with Crippen LogP contribution in [0.25, 0.3) is 11.3 Å². The number of hydrogen-bond donors (Lipinski definition) is 1. The van der Waals surface area contributed by atoms with Crippen LogP contribution in [0.2, 0.25) is 5.02 Å². The molecule has 0 saturated carbocycles. The number of ether oxygens (including phenoxy) is 1. The van der Waals surface area contributed by atoms with Gasteiger partial charge in [0.05, 0.1) is 17.8 Å². The van der Waals surface area contributed by atoms with E-state index >= 15 is 0 Å². The standard InChI is InChI=1S/C12H14ClN3O/c1-7-4-5-9(17-3)12(13)11(7)8-6-10(14)16(2)15-8/h4-6H,14H2,1-3H3. The van der Waals surface area contributed by atoms with Crippen molar-refractivity contribution < 1.29 is 4.74 Å². The Labute approximate surface area is 105 Å². The molecule has 0 unspecified atom stereocenters. The fourth-order valence-corrected chi connectivity index (χ4v) is 2.12. The van der Waals surface area contributed by atoms with E-state index in [2.05, 4.69) is 5.10 Å². The van der Waals surface area contributed by atoms with Crippen LogP contribution in [0.1, 0.15) is 5.56 Å². The number of hydrogen-bond acceptors (Lipinski definition) is 3. The molecule has 0 aliphatic heterocycles. The van der Waals surface area contributed by atoms with E-state index in [4.69, 9.17) is 22.1 Å². The van der Waals surface area contributed by atoms with Gasteiger partial charge in [0.2, 0.25) is 0 Å². The summed E-state index contributed by atoms with van der Waals surface area (Å²) in [4.78, 5) is 0. The average Bonchev–Trinajstić information content (AvgIpc) is 2.59. The largest absolute Gasteiger partial charge is 0.495 e. The smallest absolute Gasteiger partial charge is 0.138 e. The van der Waals surface area contributed by atoms with Gasteiger partial charge in [0.15, 0.2) is 0 Å². The first kappa shape index (κ1) is 11.8. The van der Waals surface area contributed by atoms with Gasteiger partial charge in [-0.25, -0.2) is 0 Å². The van der Waals surface area contributed by atoms with Crippen LogP contribution in [-0.4, -0.2) is 16.9 Å². The molecular formula is C12H14ClN3O. The van der Waals surface area contributed by atoms with Crippen molar-refractivity contribution in [2.45, 2.75) is 6.92 Å². The number of aryl methyl sites for hydroxylation is 2. The van der Waals surface area contributed by atoms with Crippen LogP contribution in [0.5, 0.6) is 5.75 Å². The van der Waals surface area contributed by atoms with Crippen LogP contribution in [0.4, 0.5) is 5.82 Å². The first-order chi connectivity index (χ1) is 8.04. The van der Waals surface area contributed by atoms with Gasteiger partial charge in [0.1, 0.15) is 11.6 Å². The molecule has 5 heteroatoms. The lowest BCUT2D eigenvalue weighted by molar-refractivity contribution is 0.415. The highest BCUT2D eigenvalue weighted by Gasteiger charge is 2.15. The molecule has 0 fully saturated rings. The van der Waals surface area contributed by atoms with Gasteiger partial charge in [-0.15, -0.1) is 0 Å². The molecule has 2 N–H and O–H groups in total. The Morgan fingerprint density at radius 2 is 2.12 bits per heavy atom. The van der Waals surface area contributed by atoms with E-state index in [9.17, 15) is 0 Å². The summed E-state index contributed by atoms with van der Waals surface area (Å²) in [7, 11) is 3.38. The van der Waals surface area contributed by atoms with Crippen LogP contribution in [0.15, 0.2) is 18.2 Å². The van der Waals surface area contributed by atoms with Gasteiger partial charge in [-0.05, 0) is 18.6 Å². The zero-order valence-electron chi connectivity index (χ0n) is 9.99. The molecule has 17 heavy (non-hydrogen) atoms. The molecule has 0 radical (unpaired) electrons. The summed E-state index contributed by atoms with van der Waals surface area (Å²) >= 11 is 6.30. The fraction of sp³-hybridized carbons (Fsp3) is 0.250. The first-order valence-electron chi connectivity index (χ1n) is 5.17. The van der Waals surface area contributed by atoms with Gasteiger partial charge in [-0.2, -0.15) is 5.10 Å². The highest BCUT2D eigenvalue weighted by molar-refractivity contribution is 6.35. The minimum Gasteiger partial charge on any atom is -0.495 e. The molecule has 0 bridgehead atoms. The van der Waals surface area contributed by atoms with Crippen LogP contribution < -0.4 is 10.5 Å². The number of benzene rings is 1. The maximum Gasteiger partial charge on any atom is 0.138 e. The number of halogens is 1. The molecule has 0 atom stereocenters. The molecule has 0 spiro atoms. The fourth-order valence-electron chi connectivity index (χ4n) is 1.73. The van der Waals surface area contributed by atoms with Crippen LogP contribution >= 0.6 is 11.6 Å². The Bertz CT molecular complexity index is 544. The molecule has 2 rings (SSSR count). The lowest BCUT2D eigenvalue weighted by atomic mass is 10.1. The van der Waals surface area contributed by atoms with E-state index in [1.165, 1.54) is 0 Å². The number of anilines is 1. The van der Waals surface area contributed by atoms with Gasteiger partial charge >= 0.3 is 0 Å². The maximum atomic E-state index is 6.30. The maximum absolute atomic E-state index is 6.30. The van der Waals surface area contributed by atoms with E-state index in [0.717, 1.165) is 16.8 Å². The van der Waals surface area contributed by atoms with Crippen molar-refractivity contribution in [2.24, 2.45) is 7.05 Å². The molecule has 0 saturated heterocycles. The molecular weight excluding hydrogens is 238 g/mol. The second-order valence-electron chi connectivity index (χ2n) is 3.85. The number of nitrogens with two attached hydrogens (primary N) is 1. The van der Waals surface area contributed by atoms with Crippen molar-refractivity contribution in [1.82, 2.24) is 9.78 Å². The zero-order chi connectivity index (χ0) is 12.6. The lowest BCUT2D eigenvalue weighted by Crippen LogP contribution is -1.97. The van der Waals surface area contributed by atoms with Gasteiger partial charge in [-0.3, -0.25) is 4.68 Å². The SMILES string of the molecule is COc1ccc(C)c(-c2cc(N)n(C)n2)c1Cl. The molecule has 0 aliphatic rings. The molecule has 0 aliphatic carbocycles. The lowest BCUT2D eigenvalue weighted by Gasteiger charge is -2.09. The summed E-state index contributed by atoms with van der Waals surface area (Å²) in [5, 5.41) is 4.89. The molecule has 1 heterocycles. The Morgan fingerprint density at radius 1 is 1.41 bits per heavy atom. The number of nitrogen functional groups attached to an aromatic ring is 1. The Balaban J connectivity index is 2.65. The summed E-state index contributed by atoms with van der Waals surface area (Å²) < 4.78 is 6.82. The highest BCUT2D eigenvalue weighted by Crippen LogP contribution is 2.37. The number of nitrogens with zero attached hydrogens (tertiary/aromatic N) is 2. The van der Waals surface area contributed by atoms with E-state index in [-0.39, 0.29) is 0 Å². The van der Waals surface area contributed by atoms with Crippen LogP contribution in [0, 0.1) is 6.92 Å². The van der Waals surface area contributed by atoms with Gasteiger partial charge < -0.3 is 10.5 Å². The van der Waals surface area contributed by atoms with Crippen molar-refractivity contribution >= 4 is 17.4 Å². The van der Waals surface area contributed by atoms with E-state index < -0.39 is 0 Å². The monoisotopic (exact) mass is 251 g/mol. The molecule has 1 aromatic carbocycles. The number of methoxy groups -OCH3 is 1. The molecule has 0 amide bonds. The summed E-state index contributed by atoms with van der Waals surface area (Å²) in [5.41, 5.74) is 8.43. The summed E-state index contributed by atoms with van der Waals surface area (Å²) in [6.07, 6.45) is 0. The van der Waals surface area contributed by atoms with Crippen molar-refractivity contribution in [3.05, 3.63) is 28.8 Å². The summed E-state index contributed by atoms with van der Waals surface area (Å²) in [5.74, 6) is 1.23. The third-order valence-corrected chi connectivity index (χ3v) is 3.08. The summed E-state index contributed by atoms with van der Waals surface area (Å²) in [6, 6.07) is 5.59.